The second-order valence-corrected chi connectivity index (χ2v) is 7.75. The fourth-order valence-electron chi connectivity index (χ4n) is 2.95. The molecule has 0 amide bonds. The van der Waals surface area contributed by atoms with Crippen molar-refractivity contribution in [3.8, 4) is 0 Å². The van der Waals surface area contributed by atoms with Crippen LogP contribution in [-0.4, -0.2) is 12.8 Å². The van der Waals surface area contributed by atoms with Crippen LogP contribution in [0.2, 0.25) is 0 Å². The molecular formula is C17H19PY2-2. The third kappa shape index (κ3) is 3.75. The Bertz CT molecular complexity index is 558. The van der Waals surface area contributed by atoms with Gasteiger partial charge in [0, 0.05) is 65.4 Å². The molecule has 1 aliphatic carbocycles. The van der Waals surface area contributed by atoms with Gasteiger partial charge in [0.05, 0.1) is 0 Å². The number of allylic oxidation sites excluding steroid dienone is 4. The van der Waals surface area contributed by atoms with E-state index in [0.29, 0.717) is 0 Å². The Morgan fingerprint density at radius 2 is 1.95 bits per heavy atom. The molecule has 2 radical (unpaired) electrons. The van der Waals surface area contributed by atoms with Gasteiger partial charge in [-0.15, -0.1) is 31.2 Å². The summed E-state index contributed by atoms with van der Waals surface area (Å²) in [6.45, 7) is 6.95. The zero-order valence-corrected chi connectivity index (χ0v) is 19.1. The number of hydrogen-bond acceptors (Lipinski definition) is 0. The molecule has 20 heavy (non-hydrogen) atoms. The molecule has 0 saturated carbocycles. The minimum Gasteiger partial charge on any atom is -0.263 e. The molecule has 0 nitrogen and oxygen atoms in total. The number of fused-ring (bicyclic) bond motifs is 2. The van der Waals surface area contributed by atoms with Crippen molar-refractivity contribution in [1.82, 2.24) is 0 Å². The molecule has 1 aliphatic heterocycles. The average molecular weight is 432 g/mol. The van der Waals surface area contributed by atoms with Crippen molar-refractivity contribution in [2.24, 2.45) is 0 Å². The van der Waals surface area contributed by atoms with E-state index in [1.807, 2.05) is 0 Å². The Morgan fingerprint density at radius 1 is 1.20 bits per heavy atom. The summed E-state index contributed by atoms with van der Waals surface area (Å²) in [5, 5.41) is 0. The number of aryl methyl sites for hydroxylation is 1. The Balaban J connectivity index is 0.000001000. The van der Waals surface area contributed by atoms with Gasteiger partial charge in [-0.1, -0.05) is 32.6 Å². The summed E-state index contributed by atoms with van der Waals surface area (Å²) in [4.78, 5) is 0. The summed E-state index contributed by atoms with van der Waals surface area (Å²) in [6.07, 6.45) is 8.36. The molecule has 0 bridgehead atoms. The SMILES string of the molecule is CC1=CC[CH-]C2=C1CP(C)Cc1c2[c-]ccc1C.[Y].[Y]. The van der Waals surface area contributed by atoms with Crippen LogP contribution in [0.3, 0.4) is 0 Å². The average Bonchev–Trinajstić information content (AvgIpc) is 2.48. The predicted molar refractivity (Wildman–Crippen MR) is 81.0 cm³/mol. The number of hydrogen-bond donors (Lipinski definition) is 0. The third-order valence-corrected chi connectivity index (χ3v) is 5.72. The van der Waals surface area contributed by atoms with Crippen LogP contribution in [0.5, 0.6) is 0 Å². The fourth-order valence-corrected chi connectivity index (χ4v) is 4.97. The molecule has 1 aromatic rings. The van der Waals surface area contributed by atoms with Gasteiger partial charge in [0.2, 0.25) is 0 Å². The van der Waals surface area contributed by atoms with Crippen LogP contribution < -0.4 is 0 Å². The largest absolute Gasteiger partial charge is 0.263 e. The molecular weight excluding hydrogens is 413 g/mol. The summed E-state index contributed by atoms with van der Waals surface area (Å²) in [5.41, 5.74) is 8.90. The van der Waals surface area contributed by atoms with Gasteiger partial charge in [0.15, 0.2) is 0 Å². The molecule has 1 atom stereocenters. The van der Waals surface area contributed by atoms with Gasteiger partial charge < -0.3 is 0 Å². The van der Waals surface area contributed by atoms with Gasteiger partial charge in [-0.2, -0.15) is 17.2 Å². The van der Waals surface area contributed by atoms with Crippen molar-refractivity contribution in [2.45, 2.75) is 26.4 Å². The minimum absolute atomic E-state index is 0. The van der Waals surface area contributed by atoms with Crippen LogP contribution in [0.4, 0.5) is 0 Å². The summed E-state index contributed by atoms with van der Waals surface area (Å²) in [7, 11) is 0.0700. The normalized spacial score (nSPS) is 20.4. The van der Waals surface area contributed by atoms with E-state index in [4.69, 9.17) is 0 Å². The fraction of sp³-hybridized carbons (Fsp3) is 0.353. The van der Waals surface area contributed by atoms with E-state index in [-0.39, 0.29) is 73.3 Å². The van der Waals surface area contributed by atoms with E-state index in [9.17, 15) is 0 Å². The second kappa shape index (κ2) is 8.17. The Labute approximate surface area is 174 Å². The molecule has 0 spiro atoms. The van der Waals surface area contributed by atoms with Crippen molar-refractivity contribution in [3.05, 3.63) is 58.5 Å². The standard InChI is InChI=1S/C17H19P.2Y/c1-12-6-4-8-14-15-9-5-7-13(2)17(15)11-18(3)10-16(12)14;;/h4,6-7,9H,5,10-11H2,1-3H3;;/q-2;;. The zero-order chi connectivity index (χ0) is 12.7. The van der Waals surface area contributed by atoms with E-state index in [0.717, 1.165) is 6.42 Å². The first-order chi connectivity index (χ1) is 8.66. The molecule has 3 rings (SSSR count). The summed E-state index contributed by atoms with van der Waals surface area (Å²) >= 11 is 0. The molecule has 3 heteroatoms. The molecule has 0 aromatic heterocycles. The summed E-state index contributed by atoms with van der Waals surface area (Å²) in [6, 6.07) is 7.80. The number of rotatable bonds is 0. The van der Waals surface area contributed by atoms with Gasteiger partial charge in [0.25, 0.3) is 0 Å². The van der Waals surface area contributed by atoms with Gasteiger partial charge in [0.1, 0.15) is 0 Å². The smallest absolute Gasteiger partial charge is 0 e. The maximum Gasteiger partial charge on any atom is 0 e. The van der Waals surface area contributed by atoms with Crippen LogP contribution >= 0.6 is 7.92 Å². The Kier molecular flexibility index (Phi) is 7.87. The molecule has 1 aromatic carbocycles. The Morgan fingerprint density at radius 3 is 2.70 bits per heavy atom. The third-order valence-electron chi connectivity index (χ3n) is 4.01. The van der Waals surface area contributed by atoms with E-state index < -0.39 is 0 Å². The maximum absolute atomic E-state index is 3.50. The first-order valence-corrected chi connectivity index (χ1v) is 8.75. The van der Waals surface area contributed by atoms with Crippen LogP contribution in [0.25, 0.3) is 5.57 Å². The van der Waals surface area contributed by atoms with Crippen LogP contribution in [0.15, 0.2) is 29.4 Å². The summed E-state index contributed by atoms with van der Waals surface area (Å²) in [5.74, 6) is 0. The van der Waals surface area contributed by atoms with Gasteiger partial charge in [-0.3, -0.25) is 11.1 Å². The van der Waals surface area contributed by atoms with Crippen molar-refractivity contribution in [1.29, 1.82) is 0 Å². The van der Waals surface area contributed by atoms with Crippen LogP contribution in [-0.2, 0) is 71.6 Å². The molecule has 2 aliphatic rings. The first kappa shape index (κ1) is 19.3. The van der Waals surface area contributed by atoms with Gasteiger partial charge >= 0.3 is 0 Å². The van der Waals surface area contributed by atoms with Gasteiger partial charge in [-0.05, 0) is 6.66 Å². The molecule has 0 saturated heterocycles. The van der Waals surface area contributed by atoms with Crippen molar-refractivity contribution in [2.75, 3.05) is 12.8 Å². The van der Waals surface area contributed by atoms with Crippen molar-refractivity contribution < 1.29 is 65.4 Å². The molecule has 1 unspecified atom stereocenters. The van der Waals surface area contributed by atoms with Crippen LogP contribution in [0, 0.1) is 19.4 Å². The molecule has 0 N–H and O–H groups in total. The monoisotopic (exact) mass is 432 g/mol. The molecule has 0 fully saturated rings. The predicted octanol–water partition coefficient (Wildman–Crippen LogP) is 4.72. The second-order valence-electron chi connectivity index (χ2n) is 5.41. The van der Waals surface area contributed by atoms with Gasteiger partial charge in [-0.25, -0.2) is 12.5 Å². The summed E-state index contributed by atoms with van der Waals surface area (Å²) < 4.78 is 0. The van der Waals surface area contributed by atoms with E-state index in [2.05, 4.69) is 51.2 Å². The number of benzene rings is 1. The maximum atomic E-state index is 3.50. The Hall–Kier alpha value is 1.21. The zero-order valence-electron chi connectivity index (χ0n) is 12.5. The minimum atomic E-state index is 0. The van der Waals surface area contributed by atoms with Crippen molar-refractivity contribution >= 4 is 13.5 Å². The van der Waals surface area contributed by atoms with Crippen LogP contribution in [0.1, 0.15) is 30.0 Å². The van der Waals surface area contributed by atoms with E-state index >= 15 is 0 Å². The first-order valence-electron chi connectivity index (χ1n) is 6.59. The molecule has 1 heterocycles. The quantitative estimate of drug-likeness (QED) is 0.411. The van der Waals surface area contributed by atoms with E-state index in [1.165, 1.54) is 34.6 Å². The molecule has 100 valence electrons. The van der Waals surface area contributed by atoms with E-state index in [1.54, 1.807) is 11.1 Å². The van der Waals surface area contributed by atoms with Crippen molar-refractivity contribution in [3.63, 3.8) is 0 Å². The topological polar surface area (TPSA) is 0 Å².